The van der Waals surface area contributed by atoms with E-state index in [0.29, 0.717) is 10.9 Å². The van der Waals surface area contributed by atoms with Crippen molar-refractivity contribution in [2.24, 2.45) is 5.92 Å². The molecule has 0 radical (unpaired) electrons. The van der Waals surface area contributed by atoms with Crippen LogP contribution in [0.5, 0.6) is 0 Å². The minimum Gasteiger partial charge on any atom is -0.330 e. The number of rotatable bonds is 3. The molecule has 5 nitrogen and oxygen atoms in total. The molecule has 25 heavy (non-hydrogen) atoms. The van der Waals surface area contributed by atoms with Crippen LogP contribution in [0.2, 0.25) is 0 Å². The van der Waals surface area contributed by atoms with Gasteiger partial charge in [0.05, 0.1) is 10.9 Å². The smallest absolute Gasteiger partial charge is 0.281 e. The van der Waals surface area contributed by atoms with Gasteiger partial charge in [-0.2, -0.15) is 4.68 Å². The molecule has 0 saturated heterocycles. The molecule has 1 aliphatic rings. The molecule has 1 aromatic heterocycles. The zero-order valence-electron chi connectivity index (χ0n) is 13.7. The lowest BCUT2D eigenvalue weighted by atomic mass is 10.1. The molecule has 6 heteroatoms. The van der Waals surface area contributed by atoms with Gasteiger partial charge in [0.2, 0.25) is 5.91 Å². The molecule has 0 aliphatic heterocycles. The van der Waals surface area contributed by atoms with Crippen molar-refractivity contribution in [3.63, 3.8) is 0 Å². The first-order valence-corrected chi connectivity index (χ1v) is 8.57. The number of hydrogen-bond donors (Lipinski definition) is 2. The van der Waals surface area contributed by atoms with Crippen LogP contribution in [0.4, 0.5) is 0 Å². The van der Waals surface area contributed by atoms with Crippen LogP contribution in [0.1, 0.15) is 23.5 Å². The summed E-state index contributed by atoms with van der Waals surface area (Å²) in [5.41, 5.74) is 5.36. The van der Waals surface area contributed by atoms with E-state index < -0.39 is 0 Å². The van der Waals surface area contributed by atoms with Crippen molar-refractivity contribution in [3.8, 4) is 0 Å². The number of fused-ring (bicyclic) bond motifs is 1. The summed E-state index contributed by atoms with van der Waals surface area (Å²) in [6.45, 7) is 2.04. The van der Waals surface area contributed by atoms with Crippen LogP contribution < -0.4 is 11.0 Å². The van der Waals surface area contributed by atoms with E-state index in [1.807, 2.05) is 25.1 Å². The number of carbonyl (C=O) groups excluding carboxylic acids is 1. The molecule has 2 aromatic carbocycles. The Morgan fingerprint density at radius 3 is 2.68 bits per heavy atom. The molecule has 2 unspecified atom stereocenters. The van der Waals surface area contributed by atoms with Crippen LogP contribution in [0.3, 0.4) is 0 Å². The van der Waals surface area contributed by atoms with E-state index in [0.717, 1.165) is 16.7 Å². The zero-order valence-corrected chi connectivity index (χ0v) is 14.5. The van der Waals surface area contributed by atoms with Crippen LogP contribution in [0, 0.1) is 17.6 Å². The van der Waals surface area contributed by atoms with Gasteiger partial charge in [0.1, 0.15) is 0 Å². The van der Waals surface area contributed by atoms with Gasteiger partial charge < -0.3 is 4.98 Å². The second-order valence-electron chi connectivity index (χ2n) is 6.45. The Bertz CT molecular complexity index is 1080. The number of nitrogens with zero attached hydrogens (tertiary/aromatic N) is 1. The summed E-state index contributed by atoms with van der Waals surface area (Å²) in [5.74, 6) is -0.104. The Hall–Kier alpha value is -2.73. The number of aryl methyl sites for hydroxylation is 1. The topological polar surface area (TPSA) is 66.9 Å². The van der Waals surface area contributed by atoms with Crippen LogP contribution in [0.25, 0.3) is 10.9 Å². The van der Waals surface area contributed by atoms with Crippen molar-refractivity contribution in [1.82, 2.24) is 9.66 Å². The van der Waals surface area contributed by atoms with E-state index in [1.165, 1.54) is 5.56 Å². The fourth-order valence-electron chi connectivity index (χ4n) is 3.12. The standard InChI is InChI=1S/C19H17N3O2S/c1-11-6-8-12(9-7-11)14-10-15(14)17(23)21-22-18(24)13-4-2-3-5-16(13)20-19(22)25/h2-9,14-15H,10H2,1H3,(H,20,25)(H,21,23). The van der Waals surface area contributed by atoms with E-state index in [2.05, 4.69) is 22.5 Å². The fraction of sp³-hybridized carbons (Fsp3) is 0.211. The molecule has 4 rings (SSSR count). The first-order valence-electron chi connectivity index (χ1n) is 8.16. The molecule has 2 atom stereocenters. The number of H-pyrrole nitrogens is 1. The van der Waals surface area contributed by atoms with Crippen LogP contribution >= 0.6 is 12.2 Å². The second kappa shape index (κ2) is 5.97. The third-order valence-corrected chi connectivity index (χ3v) is 4.94. The lowest BCUT2D eigenvalue weighted by Crippen LogP contribution is -2.35. The van der Waals surface area contributed by atoms with Crippen LogP contribution in [0.15, 0.2) is 53.3 Å². The summed E-state index contributed by atoms with van der Waals surface area (Å²) in [6.07, 6.45) is 0.785. The number of hydrogen-bond acceptors (Lipinski definition) is 3. The highest BCUT2D eigenvalue weighted by atomic mass is 32.1. The minimum atomic E-state index is -0.319. The molecule has 1 amide bonds. The van der Waals surface area contributed by atoms with Crippen LogP contribution in [-0.4, -0.2) is 15.6 Å². The van der Waals surface area contributed by atoms with Gasteiger partial charge in [-0.05, 0) is 49.2 Å². The molecular formula is C19H17N3O2S. The lowest BCUT2D eigenvalue weighted by molar-refractivity contribution is -0.118. The molecule has 1 aliphatic carbocycles. The normalized spacial score (nSPS) is 18.9. The Labute approximate surface area is 149 Å². The Kier molecular flexibility index (Phi) is 3.77. The molecule has 0 spiro atoms. The molecule has 0 bridgehead atoms. The minimum absolute atomic E-state index is 0.129. The third kappa shape index (κ3) is 2.89. The SMILES string of the molecule is Cc1ccc(C2CC2C(=O)Nn2c(=S)[nH]c3ccccc3c2=O)cc1. The van der Waals surface area contributed by atoms with Gasteiger partial charge in [-0.3, -0.25) is 15.0 Å². The molecule has 3 aromatic rings. The maximum Gasteiger partial charge on any atom is 0.281 e. The Morgan fingerprint density at radius 1 is 1.20 bits per heavy atom. The van der Waals surface area contributed by atoms with Crippen molar-refractivity contribution >= 4 is 29.0 Å². The number of carbonyl (C=O) groups is 1. The molecule has 1 fully saturated rings. The second-order valence-corrected chi connectivity index (χ2v) is 6.84. The van der Waals surface area contributed by atoms with Crippen molar-refractivity contribution < 1.29 is 4.79 Å². The van der Waals surface area contributed by atoms with E-state index in [4.69, 9.17) is 12.2 Å². The van der Waals surface area contributed by atoms with E-state index in [-0.39, 0.29) is 28.1 Å². The number of para-hydroxylation sites is 1. The third-order valence-electron chi connectivity index (χ3n) is 4.66. The van der Waals surface area contributed by atoms with Gasteiger partial charge in [-0.25, -0.2) is 0 Å². The van der Waals surface area contributed by atoms with Crippen molar-refractivity contribution in [3.05, 3.63) is 74.8 Å². The number of aromatic amines is 1. The summed E-state index contributed by atoms with van der Waals surface area (Å²) in [6, 6.07) is 15.3. The molecular weight excluding hydrogens is 334 g/mol. The average molecular weight is 351 g/mol. The summed E-state index contributed by atoms with van der Waals surface area (Å²) in [7, 11) is 0. The number of benzene rings is 2. The lowest BCUT2D eigenvalue weighted by Gasteiger charge is -2.09. The van der Waals surface area contributed by atoms with Crippen molar-refractivity contribution in [2.75, 3.05) is 5.43 Å². The maximum absolute atomic E-state index is 12.6. The summed E-state index contributed by atoms with van der Waals surface area (Å²) in [5, 5.41) is 0.488. The first-order chi connectivity index (χ1) is 12.0. The summed E-state index contributed by atoms with van der Waals surface area (Å²) >= 11 is 5.22. The monoisotopic (exact) mass is 351 g/mol. The quantitative estimate of drug-likeness (QED) is 0.712. The summed E-state index contributed by atoms with van der Waals surface area (Å²) < 4.78 is 1.31. The highest BCUT2D eigenvalue weighted by molar-refractivity contribution is 7.71. The predicted molar refractivity (Wildman–Crippen MR) is 99.8 cm³/mol. The van der Waals surface area contributed by atoms with Gasteiger partial charge >= 0.3 is 0 Å². The van der Waals surface area contributed by atoms with E-state index in [1.54, 1.807) is 18.2 Å². The van der Waals surface area contributed by atoms with E-state index >= 15 is 0 Å². The zero-order chi connectivity index (χ0) is 17.6. The van der Waals surface area contributed by atoms with Gasteiger partial charge in [0, 0.05) is 5.92 Å². The molecule has 2 N–H and O–H groups in total. The number of nitrogens with one attached hydrogen (secondary N) is 2. The summed E-state index contributed by atoms with van der Waals surface area (Å²) in [4.78, 5) is 28.1. The Morgan fingerprint density at radius 2 is 1.92 bits per heavy atom. The first kappa shape index (κ1) is 15.8. The Balaban J connectivity index is 1.58. The van der Waals surface area contributed by atoms with Crippen LogP contribution in [-0.2, 0) is 4.79 Å². The highest BCUT2D eigenvalue weighted by Crippen LogP contribution is 2.47. The van der Waals surface area contributed by atoms with Crippen molar-refractivity contribution in [1.29, 1.82) is 0 Å². The van der Waals surface area contributed by atoms with Gasteiger partial charge in [-0.1, -0.05) is 42.0 Å². The number of aromatic nitrogens is 2. The fourth-order valence-corrected chi connectivity index (χ4v) is 3.36. The average Bonchev–Trinajstić information content (AvgIpc) is 3.40. The largest absolute Gasteiger partial charge is 0.330 e. The van der Waals surface area contributed by atoms with Gasteiger partial charge in [0.15, 0.2) is 4.77 Å². The maximum atomic E-state index is 12.6. The van der Waals surface area contributed by atoms with Gasteiger partial charge in [0.25, 0.3) is 5.56 Å². The highest BCUT2D eigenvalue weighted by Gasteiger charge is 2.44. The molecule has 1 saturated carbocycles. The van der Waals surface area contributed by atoms with Gasteiger partial charge in [-0.15, -0.1) is 0 Å². The molecule has 126 valence electrons. The predicted octanol–water partition coefficient (Wildman–Crippen LogP) is 3.24. The van der Waals surface area contributed by atoms with E-state index in [9.17, 15) is 9.59 Å². The van der Waals surface area contributed by atoms with Crippen molar-refractivity contribution in [2.45, 2.75) is 19.3 Å². The number of amides is 1. The molecule has 1 heterocycles.